The largest absolute Gasteiger partial charge is 0.492 e. The summed E-state index contributed by atoms with van der Waals surface area (Å²) in [5.41, 5.74) is 0.836. The Morgan fingerprint density at radius 3 is 2.81 bits per heavy atom. The molecule has 4 heteroatoms. The lowest BCUT2D eigenvalue weighted by molar-refractivity contribution is 0.152. The van der Waals surface area contributed by atoms with E-state index in [2.05, 4.69) is 0 Å². The summed E-state index contributed by atoms with van der Waals surface area (Å²) in [6, 6.07) is 7.37. The van der Waals surface area contributed by atoms with Gasteiger partial charge in [-0.3, -0.25) is 0 Å². The molecule has 4 nitrogen and oxygen atoms in total. The first kappa shape index (κ1) is 9.39. The van der Waals surface area contributed by atoms with E-state index in [1.54, 1.807) is 6.07 Å². The van der Waals surface area contributed by atoms with Gasteiger partial charge in [0.25, 0.3) is 0 Å². The number of rotatable bonds is 3. The van der Waals surface area contributed by atoms with Crippen molar-refractivity contribution in [3.05, 3.63) is 24.3 Å². The van der Waals surface area contributed by atoms with Crippen molar-refractivity contribution in [1.29, 1.82) is 0 Å². The van der Waals surface area contributed by atoms with E-state index in [0.717, 1.165) is 29.5 Å². The molecule has 0 aliphatic heterocycles. The van der Waals surface area contributed by atoms with Gasteiger partial charge in [-0.1, -0.05) is 0 Å². The van der Waals surface area contributed by atoms with Crippen molar-refractivity contribution in [1.82, 2.24) is 4.73 Å². The third-order valence-corrected chi connectivity index (χ3v) is 2.72. The van der Waals surface area contributed by atoms with Gasteiger partial charge in [0.1, 0.15) is 12.9 Å². The van der Waals surface area contributed by atoms with Gasteiger partial charge in [0.05, 0.1) is 11.6 Å². The van der Waals surface area contributed by atoms with Gasteiger partial charge in [-0.25, -0.2) is 0 Å². The van der Waals surface area contributed by atoms with Crippen LogP contribution in [0.15, 0.2) is 24.3 Å². The van der Waals surface area contributed by atoms with Crippen molar-refractivity contribution in [2.45, 2.75) is 18.9 Å². The van der Waals surface area contributed by atoms with Crippen molar-refractivity contribution in [2.75, 3.05) is 7.11 Å². The van der Waals surface area contributed by atoms with Crippen LogP contribution < -0.4 is 9.57 Å². The van der Waals surface area contributed by atoms with E-state index >= 15 is 0 Å². The molecule has 16 heavy (non-hydrogen) atoms. The highest BCUT2D eigenvalue weighted by molar-refractivity contribution is 5.83. The molecule has 0 unspecified atom stereocenters. The number of ether oxygens (including phenoxy) is 1. The lowest BCUT2D eigenvalue weighted by atomic mass is 10.2. The van der Waals surface area contributed by atoms with Gasteiger partial charge in [0, 0.05) is 11.5 Å². The predicted molar refractivity (Wildman–Crippen MR) is 59.8 cm³/mol. The van der Waals surface area contributed by atoms with Crippen molar-refractivity contribution in [2.24, 2.45) is 0 Å². The zero-order valence-electron chi connectivity index (χ0n) is 9.01. The van der Waals surface area contributed by atoms with E-state index in [0.29, 0.717) is 6.10 Å². The molecule has 2 aromatic rings. The van der Waals surface area contributed by atoms with Crippen LogP contribution in [-0.4, -0.2) is 23.1 Å². The quantitative estimate of drug-likeness (QED) is 0.858. The minimum atomic E-state index is 0.0982. The molecule has 1 fully saturated rings. The summed E-state index contributed by atoms with van der Waals surface area (Å²) < 4.78 is 7.07. The van der Waals surface area contributed by atoms with Crippen molar-refractivity contribution >= 4 is 10.9 Å². The van der Waals surface area contributed by atoms with E-state index < -0.39 is 0 Å². The maximum atomic E-state index is 9.62. The van der Waals surface area contributed by atoms with Gasteiger partial charge in [0.2, 0.25) is 5.88 Å². The molecule has 1 saturated carbocycles. The average Bonchev–Trinajstić information content (AvgIpc) is 3.00. The molecule has 1 aliphatic rings. The molecule has 0 amide bonds. The van der Waals surface area contributed by atoms with Crippen LogP contribution in [0.25, 0.3) is 10.9 Å². The van der Waals surface area contributed by atoms with Gasteiger partial charge in [-0.2, -0.15) is 0 Å². The SMILES string of the molecule is COn1c(O)cc2cc(OC3CC3)ccc21. The van der Waals surface area contributed by atoms with E-state index in [9.17, 15) is 5.11 Å². The number of benzene rings is 1. The zero-order chi connectivity index (χ0) is 11.1. The first-order valence-corrected chi connectivity index (χ1v) is 5.33. The fourth-order valence-corrected chi connectivity index (χ4v) is 1.80. The Labute approximate surface area is 93.0 Å². The summed E-state index contributed by atoms with van der Waals surface area (Å²) in [6.45, 7) is 0. The van der Waals surface area contributed by atoms with Crippen LogP contribution in [0.1, 0.15) is 12.8 Å². The van der Waals surface area contributed by atoms with Crippen LogP contribution in [0.4, 0.5) is 0 Å². The van der Waals surface area contributed by atoms with Crippen LogP contribution in [0, 0.1) is 0 Å². The number of nitrogens with zero attached hydrogens (tertiary/aromatic N) is 1. The van der Waals surface area contributed by atoms with Gasteiger partial charge in [0.15, 0.2) is 0 Å². The van der Waals surface area contributed by atoms with Gasteiger partial charge in [-0.15, -0.1) is 4.73 Å². The molecule has 84 valence electrons. The maximum absolute atomic E-state index is 9.62. The number of aromatic hydroxyl groups is 1. The fourth-order valence-electron chi connectivity index (χ4n) is 1.80. The Balaban J connectivity index is 2.03. The summed E-state index contributed by atoms with van der Waals surface area (Å²) in [4.78, 5) is 5.06. The summed E-state index contributed by atoms with van der Waals surface area (Å²) in [6.07, 6.45) is 2.67. The van der Waals surface area contributed by atoms with Gasteiger partial charge in [-0.05, 0) is 31.0 Å². The van der Waals surface area contributed by atoms with Gasteiger partial charge < -0.3 is 14.7 Å². The highest BCUT2D eigenvalue weighted by atomic mass is 16.7. The molecule has 1 aromatic carbocycles. The molecule has 0 bridgehead atoms. The smallest absolute Gasteiger partial charge is 0.226 e. The number of hydrogen-bond acceptors (Lipinski definition) is 3. The minimum Gasteiger partial charge on any atom is -0.492 e. The van der Waals surface area contributed by atoms with E-state index in [1.165, 1.54) is 11.8 Å². The summed E-state index contributed by atoms with van der Waals surface area (Å²) >= 11 is 0. The highest BCUT2D eigenvalue weighted by Gasteiger charge is 2.23. The summed E-state index contributed by atoms with van der Waals surface area (Å²) in [5, 5.41) is 10.5. The van der Waals surface area contributed by atoms with Crippen LogP contribution >= 0.6 is 0 Å². The fraction of sp³-hybridized carbons (Fsp3) is 0.333. The maximum Gasteiger partial charge on any atom is 0.226 e. The molecule has 1 aromatic heterocycles. The lowest BCUT2D eigenvalue weighted by Crippen LogP contribution is -2.03. The topological polar surface area (TPSA) is 43.6 Å². The van der Waals surface area contributed by atoms with Crippen LogP contribution in [0.2, 0.25) is 0 Å². The molecule has 0 atom stereocenters. The molecule has 1 heterocycles. The number of aromatic nitrogens is 1. The Morgan fingerprint density at radius 2 is 2.12 bits per heavy atom. The van der Waals surface area contributed by atoms with E-state index in [4.69, 9.17) is 9.57 Å². The van der Waals surface area contributed by atoms with Crippen molar-refractivity contribution in [3.8, 4) is 11.6 Å². The van der Waals surface area contributed by atoms with Crippen molar-refractivity contribution < 1.29 is 14.7 Å². The van der Waals surface area contributed by atoms with E-state index in [-0.39, 0.29) is 5.88 Å². The summed E-state index contributed by atoms with van der Waals surface area (Å²) in [7, 11) is 1.52. The first-order chi connectivity index (χ1) is 7.78. The minimum absolute atomic E-state index is 0.0982. The van der Waals surface area contributed by atoms with Gasteiger partial charge >= 0.3 is 0 Å². The molecule has 0 saturated heterocycles. The van der Waals surface area contributed by atoms with Crippen LogP contribution in [0.3, 0.4) is 0 Å². The Morgan fingerprint density at radius 1 is 1.31 bits per heavy atom. The lowest BCUT2D eigenvalue weighted by Gasteiger charge is -2.05. The van der Waals surface area contributed by atoms with Crippen LogP contribution in [-0.2, 0) is 0 Å². The second-order valence-electron chi connectivity index (χ2n) is 4.02. The Bertz CT molecular complexity index is 528. The van der Waals surface area contributed by atoms with E-state index in [1.807, 2.05) is 18.2 Å². The Kier molecular flexibility index (Phi) is 1.96. The predicted octanol–water partition coefficient (Wildman–Crippen LogP) is 1.95. The second kappa shape index (κ2) is 3.33. The molecule has 0 spiro atoms. The standard InChI is InChI=1S/C12H13NO3/c1-15-13-11-5-4-10(16-9-2-3-9)6-8(11)7-12(13)14/h4-7,9,14H,2-3H2,1H3. The Hall–Kier alpha value is -1.84. The normalized spacial score (nSPS) is 15.3. The molecular weight excluding hydrogens is 206 g/mol. The third-order valence-electron chi connectivity index (χ3n) is 2.72. The highest BCUT2D eigenvalue weighted by Crippen LogP contribution is 2.31. The molecule has 0 radical (unpaired) electrons. The molecule has 1 aliphatic carbocycles. The molecular formula is C12H13NO3. The average molecular weight is 219 g/mol. The summed E-state index contributed by atoms with van der Waals surface area (Å²) in [5.74, 6) is 0.948. The van der Waals surface area contributed by atoms with Crippen molar-refractivity contribution in [3.63, 3.8) is 0 Å². The monoisotopic (exact) mass is 219 g/mol. The third kappa shape index (κ3) is 1.46. The number of hydrogen-bond donors (Lipinski definition) is 1. The second-order valence-corrected chi connectivity index (χ2v) is 4.02. The molecule has 1 N–H and O–H groups in total. The number of fused-ring (bicyclic) bond motifs is 1. The van der Waals surface area contributed by atoms with Crippen LogP contribution in [0.5, 0.6) is 11.6 Å². The first-order valence-electron chi connectivity index (χ1n) is 5.33. The molecule has 3 rings (SSSR count). The zero-order valence-corrected chi connectivity index (χ0v) is 9.01.